The summed E-state index contributed by atoms with van der Waals surface area (Å²) >= 11 is 5.48. The van der Waals surface area contributed by atoms with Crippen LogP contribution in [0.1, 0.15) is 16.1 Å². The highest BCUT2D eigenvalue weighted by Gasteiger charge is 2.33. The van der Waals surface area contributed by atoms with Gasteiger partial charge in [-0.15, -0.1) is 0 Å². The van der Waals surface area contributed by atoms with Crippen LogP contribution in [0, 0.1) is 0 Å². The fourth-order valence-electron chi connectivity index (χ4n) is 1.72. The van der Waals surface area contributed by atoms with Gasteiger partial charge < -0.3 is 10.4 Å². The number of hydrogen-bond acceptors (Lipinski definition) is 3. The lowest BCUT2D eigenvalue weighted by atomic mass is 10.2. The van der Waals surface area contributed by atoms with Crippen molar-refractivity contribution < 1.29 is 27.9 Å². The standard InChI is InChI=1S/C13H9ClF3N3O3/c14-9-2-1-7(5-8(9)13(15,16)17)18-12(23)10-3-4-20(19-10)6-11(21)22/h1-5H,6H2,(H,18,23)(H,21,22). The number of alkyl halides is 3. The molecule has 0 spiro atoms. The van der Waals surface area contributed by atoms with Gasteiger partial charge >= 0.3 is 12.1 Å². The molecule has 0 saturated heterocycles. The van der Waals surface area contributed by atoms with Crippen molar-refractivity contribution in [1.29, 1.82) is 0 Å². The van der Waals surface area contributed by atoms with Crippen LogP contribution in [0.2, 0.25) is 5.02 Å². The molecule has 1 heterocycles. The molecule has 0 aliphatic rings. The van der Waals surface area contributed by atoms with Crippen molar-refractivity contribution in [3.63, 3.8) is 0 Å². The van der Waals surface area contributed by atoms with Crippen LogP contribution in [0.4, 0.5) is 18.9 Å². The molecule has 23 heavy (non-hydrogen) atoms. The molecular weight excluding hydrogens is 339 g/mol. The van der Waals surface area contributed by atoms with E-state index in [0.717, 1.165) is 10.7 Å². The Kier molecular flexibility index (Phi) is 4.60. The van der Waals surface area contributed by atoms with Gasteiger partial charge in [-0.25, -0.2) is 0 Å². The Bertz CT molecular complexity index is 758. The Hall–Kier alpha value is -2.55. The first-order chi connectivity index (χ1) is 10.7. The third-order valence-electron chi connectivity index (χ3n) is 2.70. The van der Waals surface area contributed by atoms with Crippen molar-refractivity contribution >= 4 is 29.2 Å². The molecule has 2 N–H and O–H groups in total. The lowest BCUT2D eigenvalue weighted by molar-refractivity contribution is -0.138. The highest BCUT2D eigenvalue weighted by molar-refractivity contribution is 6.31. The minimum Gasteiger partial charge on any atom is -0.480 e. The van der Waals surface area contributed by atoms with Crippen LogP contribution >= 0.6 is 11.6 Å². The molecule has 0 bridgehead atoms. The van der Waals surface area contributed by atoms with Gasteiger partial charge in [-0.1, -0.05) is 11.6 Å². The minimum atomic E-state index is -4.65. The molecule has 2 aromatic rings. The lowest BCUT2D eigenvalue weighted by Gasteiger charge is -2.11. The van der Waals surface area contributed by atoms with Crippen molar-refractivity contribution in [2.45, 2.75) is 12.7 Å². The number of nitrogens with one attached hydrogen (secondary N) is 1. The van der Waals surface area contributed by atoms with E-state index in [4.69, 9.17) is 16.7 Å². The van der Waals surface area contributed by atoms with E-state index < -0.39 is 35.2 Å². The van der Waals surface area contributed by atoms with Crippen molar-refractivity contribution in [3.05, 3.63) is 46.7 Å². The summed E-state index contributed by atoms with van der Waals surface area (Å²) in [6, 6.07) is 4.18. The average molecular weight is 348 g/mol. The molecule has 0 unspecified atom stereocenters. The topological polar surface area (TPSA) is 84.2 Å². The van der Waals surface area contributed by atoms with Crippen molar-refractivity contribution in [2.24, 2.45) is 0 Å². The maximum atomic E-state index is 12.7. The van der Waals surface area contributed by atoms with Gasteiger partial charge in [0, 0.05) is 11.9 Å². The zero-order valence-electron chi connectivity index (χ0n) is 11.3. The van der Waals surface area contributed by atoms with Gasteiger partial charge in [0.2, 0.25) is 0 Å². The molecular formula is C13H9ClF3N3O3. The molecule has 10 heteroatoms. The summed E-state index contributed by atoms with van der Waals surface area (Å²) in [6.07, 6.45) is -3.38. The highest BCUT2D eigenvalue weighted by atomic mass is 35.5. The van der Waals surface area contributed by atoms with E-state index in [0.29, 0.717) is 6.07 Å². The first kappa shape index (κ1) is 16.8. The Morgan fingerprint density at radius 1 is 1.30 bits per heavy atom. The number of carboxylic acid groups (broad SMARTS) is 1. The Morgan fingerprint density at radius 3 is 2.61 bits per heavy atom. The molecule has 2 rings (SSSR count). The van der Waals surface area contributed by atoms with Crippen LogP contribution in [0.5, 0.6) is 0 Å². The number of hydrogen-bond donors (Lipinski definition) is 2. The average Bonchev–Trinajstić information content (AvgIpc) is 2.87. The second kappa shape index (κ2) is 6.29. The molecule has 0 atom stereocenters. The largest absolute Gasteiger partial charge is 0.480 e. The van der Waals surface area contributed by atoms with Gasteiger partial charge in [-0.2, -0.15) is 18.3 Å². The fraction of sp³-hybridized carbons (Fsp3) is 0.154. The SMILES string of the molecule is O=C(O)Cn1ccc(C(=O)Nc2ccc(Cl)c(C(F)(F)F)c2)n1. The van der Waals surface area contributed by atoms with Crippen molar-refractivity contribution in [2.75, 3.05) is 5.32 Å². The molecule has 0 radical (unpaired) electrons. The third-order valence-corrected chi connectivity index (χ3v) is 3.03. The lowest BCUT2D eigenvalue weighted by Crippen LogP contribution is -2.15. The van der Waals surface area contributed by atoms with Gasteiger partial charge in [0.1, 0.15) is 6.54 Å². The molecule has 122 valence electrons. The van der Waals surface area contributed by atoms with E-state index >= 15 is 0 Å². The Balaban J connectivity index is 2.17. The number of carboxylic acids is 1. The maximum absolute atomic E-state index is 12.7. The number of benzene rings is 1. The van der Waals surface area contributed by atoms with Gasteiger partial charge in [0.05, 0.1) is 10.6 Å². The summed E-state index contributed by atoms with van der Waals surface area (Å²) in [7, 11) is 0. The van der Waals surface area contributed by atoms with E-state index in [1.165, 1.54) is 18.3 Å². The van der Waals surface area contributed by atoms with Gasteiger partial charge in [-0.05, 0) is 24.3 Å². The summed E-state index contributed by atoms with van der Waals surface area (Å²) in [6.45, 7) is -0.438. The molecule has 0 aliphatic carbocycles. The van der Waals surface area contributed by atoms with E-state index in [1.54, 1.807) is 0 Å². The molecule has 1 amide bonds. The smallest absolute Gasteiger partial charge is 0.417 e. The van der Waals surface area contributed by atoms with Gasteiger partial charge in [0.25, 0.3) is 5.91 Å². The van der Waals surface area contributed by atoms with Crippen LogP contribution in [-0.4, -0.2) is 26.8 Å². The molecule has 1 aromatic carbocycles. The number of rotatable bonds is 4. The molecule has 0 aliphatic heterocycles. The molecule has 6 nitrogen and oxygen atoms in total. The number of aliphatic carboxylic acids is 1. The van der Waals surface area contributed by atoms with Crippen molar-refractivity contribution in [1.82, 2.24) is 9.78 Å². The van der Waals surface area contributed by atoms with Gasteiger partial charge in [0.15, 0.2) is 5.69 Å². The number of amides is 1. The number of carbonyl (C=O) groups excluding carboxylic acids is 1. The van der Waals surface area contributed by atoms with Crippen LogP contribution in [0.25, 0.3) is 0 Å². The fourth-order valence-corrected chi connectivity index (χ4v) is 1.95. The van der Waals surface area contributed by atoms with Crippen LogP contribution in [-0.2, 0) is 17.5 Å². The van der Waals surface area contributed by atoms with Crippen LogP contribution < -0.4 is 5.32 Å². The summed E-state index contributed by atoms with van der Waals surface area (Å²) in [5.41, 5.74) is -1.32. The minimum absolute atomic E-state index is 0.112. The Labute approximate surface area is 132 Å². The number of aromatic nitrogens is 2. The number of anilines is 1. The van der Waals surface area contributed by atoms with E-state index in [-0.39, 0.29) is 11.4 Å². The molecule has 0 saturated carbocycles. The first-order valence-electron chi connectivity index (χ1n) is 6.10. The summed E-state index contributed by atoms with van der Waals surface area (Å²) in [5, 5.41) is 14.1. The maximum Gasteiger partial charge on any atom is 0.417 e. The van der Waals surface area contributed by atoms with E-state index in [2.05, 4.69) is 10.4 Å². The third kappa shape index (κ3) is 4.22. The molecule has 1 aromatic heterocycles. The second-order valence-corrected chi connectivity index (χ2v) is 4.85. The normalized spacial score (nSPS) is 11.3. The summed E-state index contributed by atoms with van der Waals surface area (Å²) in [5.74, 6) is -1.92. The van der Waals surface area contributed by atoms with Crippen LogP contribution in [0.3, 0.4) is 0 Å². The zero-order chi connectivity index (χ0) is 17.2. The molecule has 0 fully saturated rings. The van der Waals surface area contributed by atoms with E-state index in [1.807, 2.05) is 0 Å². The number of carbonyl (C=O) groups is 2. The Morgan fingerprint density at radius 2 is 2.00 bits per heavy atom. The second-order valence-electron chi connectivity index (χ2n) is 4.44. The predicted molar refractivity (Wildman–Crippen MR) is 74.3 cm³/mol. The predicted octanol–water partition coefficient (Wildman–Crippen LogP) is 2.89. The van der Waals surface area contributed by atoms with Gasteiger partial charge in [-0.3, -0.25) is 14.3 Å². The quantitative estimate of drug-likeness (QED) is 0.890. The van der Waals surface area contributed by atoms with Crippen LogP contribution in [0.15, 0.2) is 30.5 Å². The number of nitrogens with zero attached hydrogens (tertiary/aromatic N) is 2. The first-order valence-corrected chi connectivity index (χ1v) is 6.48. The zero-order valence-corrected chi connectivity index (χ0v) is 12.0. The number of halogens is 4. The summed E-state index contributed by atoms with van der Waals surface area (Å²) in [4.78, 5) is 22.4. The monoisotopic (exact) mass is 347 g/mol. The van der Waals surface area contributed by atoms with E-state index in [9.17, 15) is 22.8 Å². The highest BCUT2D eigenvalue weighted by Crippen LogP contribution is 2.36. The van der Waals surface area contributed by atoms with Crippen molar-refractivity contribution in [3.8, 4) is 0 Å². The summed E-state index contributed by atoms with van der Waals surface area (Å²) < 4.78 is 39.3.